The van der Waals surface area contributed by atoms with Crippen LogP contribution in [0.15, 0.2) is 10.5 Å². The monoisotopic (exact) mass is 314 g/mol. The maximum absolute atomic E-state index is 11.6. The summed E-state index contributed by atoms with van der Waals surface area (Å²) >= 11 is 3.26. The van der Waals surface area contributed by atoms with Gasteiger partial charge in [0.05, 0.1) is 4.47 Å². The van der Waals surface area contributed by atoms with E-state index in [9.17, 15) is 9.59 Å². The molecule has 0 saturated heterocycles. The second-order valence-corrected chi connectivity index (χ2v) is 4.58. The molecular formula is C12H11BrO5. The Balaban J connectivity index is 2.64. The van der Waals surface area contributed by atoms with E-state index in [-0.39, 0.29) is 5.56 Å². The lowest BCUT2D eigenvalue weighted by atomic mass is 9.99. The first-order chi connectivity index (χ1) is 8.56. The van der Waals surface area contributed by atoms with Gasteiger partial charge in [-0.25, -0.2) is 4.79 Å². The lowest BCUT2D eigenvalue weighted by Crippen LogP contribution is -2.20. The summed E-state index contributed by atoms with van der Waals surface area (Å²) in [5.74, 6) is -1.43. The molecule has 5 nitrogen and oxygen atoms in total. The van der Waals surface area contributed by atoms with Gasteiger partial charge in [0, 0.05) is 11.1 Å². The van der Waals surface area contributed by atoms with Crippen LogP contribution in [0.4, 0.5) is 0 Å². The molecule has 0 aromatic heterocycles. The number of Topliss-reactive ketones (excluding diaryl/α,β-unsaturated/α-hetero) is 1. The molecule has 0 unspecified atom stereocenters. The smallest absolute Gasteiger partial charge is 0.377 e. The van der Waals surface area contributed by atoms with Crippen molar-refractivity contribution >= 4 is 27.7 Å². The molecule has 6 heteroatoms. The van der Waals surface area contributed by atoms with Crippen LogP contribution < -0.4 is 9.47 Å². The number of aliphatic carboxylic acids is 1. The van der Waals surface area contributed by atoms with Crippen LogP contribution >= 0.6 is 15.9 Å². The number of carbonyl (C=O) groups is 2. The van der Waals surface area contributed by atoms with E-state index >= 15 is 0 Å². The van der Waals surface area contributed by atoms with E-state index in [0.717, 1.165) is 0 Å². The topological polar surface area (TPSA) is 72.8 Å². The van der Waals surface area contributed by atoms with Gasteiger partial charge in [0.15, 0.2) is 11.5 Å². The van der Waals surface area contributed by atoms with Crippen molar-refractivity contribution in [1.29, 1.82) is 0 Å². The molecule has 0 spiro atoms. The summed E-state index contributed by atoms with van der Waals surface area (Å²) in [6, 6.07) is 1.48. The van der Waals surface area contributed by atoms with Crippen molar-refractivity contribution in [1.82, 2.24) is 0 Å². The number of benzene rings is 1. The fourth-order valence-corrected chi connectivity index (χ4v) is 2.41. The van der Waals surface area contributed by atoms with Crippen LogP contribution in [-0.2, 0) is 11.2 Å². The third-order valence-corrected chi connectivity index (χ3v) is 3.25. The van der Waals surface area contributed by atoms with Gasteiger partial charge >= 0.3 is 5.97 Å². The van der Waals surface area contributed by atoms with Crippen LogP contribution in [0.1, 0.15) is 22.8 Å². The fourth-order valence-electron chi connectivity index (χ4n) is 1.89. The standard InChI is InChI=1S/C12H11BrO5/c1-2-6-7(9(14)12(15)16)5-8(13)11-10(6)17-3-4-18-11/h5H,2-4H2,1H3,(H,15,16). The van der Waals surface area contributed by atoms with Crippen LogP contribution in [-0.4, -0.2) is 30.1 Å². The zero-order valence-electron chi connectivity index (χ0n) is 9.66. The summed E-state index contributed by atoms with van der Waals surface area (Å²) in [5.41, 5.74) is 0.710. The molecule has 0 fully saturated rings. The van der Waals surface area contributed by atoms with Gasteiger partial charge in [-0.15, -0.1) is 0 Å². The Labute approximate surface area is 112 Å². The summed E-state index contributed by atoms with van der Waals surface area (Å²) in [5, 5.41) is 8.81. The minimum absolute atomic E-state index is 0.140. The number of carboxylic acid groups (broad SMARTS) is 1. The Morgan fingerprint density at radius 3 is 2.50 bits per heavy atom. The minimum Gasteiger partial charge on any atom is -0.486 e. The van der Waals surface area contributed by atoms with E-state index in [1.165, 1.54) is 6.07 Å². The van der Waals surface area contributed by atoms with E-state index in [1.807, 2.05) is 6.92 Å². The molecular weight excluding hydrogens is 304 g/mol. The SMILES string of the molecule is CCc1c(C(=O)C(=O)O)cc(Br)c2c1OCCO2. The number of fused-ring (bicyclic) bond motifs is 1. The molecule has 0 atom stereocenters. The summed E-state index contributed by atoms with van der Waals surface area (Å²) in [7, 11) is 0. The Bertz CT molecular complexity index is 524. The largest absolute Gasteiger partial charge is 0.486 e. The van der Waals surface area contributed by atoms with Crippen LogP contribution in [0.5, 0.6) is 11.5 Å². The zero-order valence-corrected chi connectivity index (χ0v) is 11.2. The third-order valence-electron chi connectivity index (χ3n) is 2.66. The van der Waals surface area contributed by atoms with Crippen molar-refractivity contribution in [2.24, 2.45) is 0 Å². The third kappa shape index (κ3) is 2.08. The molecule has 1 aliphatic rings. The van der Waals surface area contributed by atoms with Crippen molar-refractivity contribution in [2.75, 3.05) is 13.2 Å². The second kappa shape index (κ2) is 4.97. The highest BCUT2D eigenvalue weighted by Gasteiger charge is 2.27. The summed E-state index contributed by atoms with van der Waals surface area (Å²) in [6.45, 7) is 2.65. The molecule has 96 valence electrons. The number of carbonyl (C=O) groups excluding carboxylic acids is 1. The molecule has 0 amide bonds. The van der Waals surface area contributed by atoms with E-state index in [1.54, 1.807) is 0 Å². The van der Waals surface area contributed by atoms with E-state index < -0.39 is 11.8 Å². The summed E-state index contributed by atoms with van der Waals surface area (Å²) in [4.78, 5) is 22.5. The van der Waals surface area contributed by atoms with E-state index in [2.05, 4.69) is 15.9 Å². The number of ketones is 1. The Hall–Kier alpha value is -1.56. The predicted molar refractivity (Wildman–Crippen MR) is 66.5 cm³/mol. The molecule has 1 aromatic rings. The quantitative estimate of drug-likeness (QED) is 0.683. The van der Waals surface area contributed by atoms with Gasteiger partial charge in [0.25, 0.3) is 5.78 Å². The van der Waals surface area contributed by atoms with Crippen LogP contribution in [0.3, 0.4) is 0 Å². The first-order valence-electron chi connectivity index (χ1n) is 5.44. The van der Waals surface area contributed by atoms with Crippen LogP contribution in [0.25, 0.3) is 0 Å². The highest BCUT2D eigenvalue weighted by molar-refractivity contribution is 9.10. The molecule has 0 bridgehead atoms. The number of halogens is 1. The number of carboxylic acids is 1. The Morgan fingerprint density at radius 2 is 1.94 bits per heavy atom. The fraction of sp³-hybridized carbons (Fsp3) is 0.333. The Morgan fingerprint density at radius 1 is 1.33 bits per heavy atom. The van der Waals surface area contributed by atoms with Crippen LogP contribution in [0, 0.1) is 0 Å². The van der Waals surface area contributed by atoms with Crippen LogP contribution in [0.2, 0.25) is 0 Å². The van der Waals surface area contributed by atoms with Crippen molar-refractivity contribution in [3.63, 3.8) is 0 Å². The van der Waals surface area contributed by atoms with Gasteiger partial charge in [0.2, 0.25) is 0 Å². The predicted octanol–water partition coefficient (Wildman–Crippen LogP) is 2.05. The molecule has 18 heavy (non-hydrogen) atoms. The number of hydrogen-bond acceptors (Lipinski definition) is 4. The van der Waals surface area contributed by atoms with Gasteiger partial charge in [-0.1, -0.05) is 6.92 Å². The van der Waals surface area contributed by atoms with E-state index in [4.69, 9.17) is 14.6 Å². The normalized spacial score (nSPS) is 13.2. The second-order valence-electron chi connectivity index (χ2n) is 3.73. The lowest BCUT2D eigenvalue weighted by molar-refractivity contribution is -0.131. The summed E-state index contributed by atoms with van der Waals surface area (Å²) in [6.07, 6.45) is 0.493. The molecule has 1 N–H and O–H groups in total. The molecule has 1 heterocycles. The molecule has 0 aliphatic carbocycles. The van der Waals surface area contributed by atoms with E-state index in [0.29, 0.717) is 41.2 Å². The highest BCUT2D eigenvalue weighted by atomic mass is 79.9. The van der Waals surface area contributed by atoms with Crippen molar-refractivity contribution in [3.05, 3.63) is 21.7 Å². The zero-order chi connectivity index (χ0) is 13.3. The first-order valence-corrected chi connectivity index (χ1v) is 6.24. The molecule has 1 aromatic carbocycles. The highest BCUT2D eigenvalue weighted by Crippen LogP contribution is 2.42. The molecule has 1 aliphatic heterocycles. The maximum atomic E-state index is 11.6. The van der Waals surface area contributed by atoms with Crippen molar-refractivity contribution in [3.8, 4) is 11.5 Å². The first kappa shape index (κ1) is 12.9. The number of ether oxygens (including phenoxy) is 2. The van der Waals surface area contributed by atoms with Gasteiger partial charge in [0.1, 0.15) is 13.2 Å². The number of hydrogen-bond donors (Lipinski definition) is 1. The summed E-state index contributed by atoms with van der Waals surface area (Å²) < 4.78 is 11.5. The van der Waals surface area contributed by atoms with Crippen molar-refractivity contribution < 1.29 is 24.2 Å². The molecule has 0 radical (unpaired) electrons. The van der Waals surface area contributed by atoms with Crippen molar-refractivity contribution in [2.45, 2.75) is 13.3 Å². The van der Waals surface area contributed by atoms with Gasteiger partial charge in [-0.05, 0) is 28.4 Å². The number of rotatable bonds is 3. The molecule has 0 saturated carbocycles. The molecule has 2 rings (SSSR count). The van der Waals surface area contributed by atoms with Gasteiger partial charge in [-0.2, -0.15) is 0 Å². The average molecular weight is 315 g/mol. The minimum atomic E-state index is -1.48. The maximum Gasteiger partial charge on any atom is 0.377 e. The van der Waals surface area contributed by atoms with Gasteiger partial charge < -0.3 is 14.6 Å². The van der Waals surface area contributed by atoms with Gasteiger partial charge in [-0.3, -0.25) is 4.79 Å². The lowest BCUT2D eigenvalue weighted by Gasteiger charge is -2.23. The average Bonchev–Trinajstić information content (AvgIpc) is 2.37. The Kier molecular flexibility index (Phi) is 3.56.